The molecule has 0 spiro atoms. The van der Waals surface area contributed by atoms with Crippen LogP contribution in [0.5, 0.6) is 0 Å². The number of nitrogens with zero attached hydrogens (tertiary/aromatic N) is 1. The van der Waals surface area contributed by atoms with E-state index in [4.69, 9.17) is 16.0 Å². The van der Waals surface area contributed by atoms with Crippen LogP contribution in [0.3, 0.4) is 0 Å². The van der Waals surface area contributed by atoms with E-state index in [-0.39, 0.29) is 19.0 Å². The molecule has 0 saturated carbocycles. The number of halogens is 2. The van der Waals surface area contributed by atoms with Crippen molar-refractivity contribution < 1.29 is 13.6 Å². The third kappa shape index (κ3) is 3.63. The number of hydrogen-bond acceptors (Lipinski definition) is 3. The summed E-state index contributed by atoms with van der Waals surface area (Å²) in [5.41, 5.74) is 0.297. The molecule has 23 heavy (non-hydrogen) atoms. The van der Waals surface area contributed by atoms with Gasteiger partial charge in [0.2, 0.25) is 0 Å². The molecule has 0 bridgehead atoms. The van der Waals surface area contributed by atoms with Gasteiger partial charge in [0, 0.05) is 10.6 Å². The quantitative estimate of drug-likeness (QED) is 0.651. The molecule has 1 aromatic carbocycles. The van der Waals surface area contributed by atoms with Crippen LogP contribution in [0.1, 0.15) is 21.0 Å². The molecule has 0 aliphatic carbocycles. The number of thiophene rings is 1. The zero-order valence-electron chi connectivity index (χ0n) is 12.0. The van der Waals surface area contributed by atoms with Gasteiger partial charge in [0.15, 0.2) is 0 Å². The maximum absolute atomic E-state index is 14.1. The summed E-state index contributed by atoms with van der Waals surface area (Å²) in [5.74, 6) is 0.0130. The molecule has 2 aromatic heterocycles. The Balaban J connectivity index is 1.90. The van der Waals surface area contributed by atoms with Gasteiger partial charge in [-0.1, -0.05) is 23.7 Å². The van der Waals surface area contributed by atoms with Gasteiger partial charge in [0.25, 0.3) is 5.91 Å². The largest absolute Gasteiger partial charge is 0.467 e. The van der Waals surface area contributed by atoms with Gasteiger partial charge < -0.3 is 9.32 Å². The maximum Gasteiger partial charge on any atom is 0.264 e. The van der Waals surface area contributed by atoms with E-state index in [0.717, 1.165) is 0 Å². The Kier molecular flexibility index (Phi) is 4.79. The molecule has 6 heteroatoms. The molecule has 0 N–H and O–H groups in total. The number of benzene rings is 1. The summed E-state index contributed by atoms with van der Waals surface area (Å²) < 4.78 is 19.4. The van der Waals surface area contributed by atoms with E-state index >= 15 is 0 Å². The molecule has 0 atom stereocenters. The molecule has 118 valence electrons. The lowest BCUT2D eigenvalue weighted by Crippen LogP contribution is -2.30. The average molecular weight is 350 g/mol. The molecular formula is C17H13ClFNO2S. The molecule has 0 unspecified atom stereocenters. The highest BCUT2D eigenvalue weighted by molar-refractivity contribution is 7.12. The molecule has 0 saturated heterocycles. The van der Waals surface area contributed by atoms with Gasteiger partial charge in [-0.15, -0.1) is 11.3 Å². The standard InChI is InChI=1S/C17H13ClFNO2S/c18-14-5-1-6-15(19)13(14)11-20(10-12-4-2-8-22-12)17(21)16-7-3-9-23-16/h1-9H,10-11H2. The van der Waals surface area contributed by atoms with Gasteiger partial charge in [-0.25, -0.2) is 4.39 Å². The highest BCUT2D eigenvalue weighted by Gasteiger charge is 2.21. The fourth-order valence-electron chi connectivity index (χ4n) is 2.22. The van der Waals surface area contributed by atoms with Crippen LogP contribution in [-0.4, -0.2) is 10.8 Å². The third-order valence-electron chi connectivity index (χ3n) is 3.36. The van der Waals surface area contributed by atoms with Crippen LogP contribution >= 0.6 is 22.9 Å². The lowest BCUT2D eigenvalue weighted by Gasteiger charge is -2.22. The van der Waals surface area contributed by atoms with E-state index in [1.54, 1.807) is 42.7 Å². The highest BCUT2D eigenvalue weighted by Crippen LogP contribution is 2.24. The van der Waals surface area contributed by atoms with Gasteiger partial charge in [0.05, 0.1) is 24.2 Å². The molecule has 0 aliphatic heterocycles. The van der Waals surface area contributed by atoms with Gasteiger partial charge in [0.1, 0.15) is 11.6 Å². The second-order valence-electron chi connectivity index (χ2n) is 4.92. The monoisotopic (exact) mass is 349 g/mol. The molecule has 0 radical (unpaired) electrons. The van der Waals surface area contributed by atoms with Gasteiger partial charge >= 0.3 is 0 Å². The topological polar surface area (TPSA) is 33.5 Å². The van der Waals surface area contributed by atoms with Crippen molar-refractivity contribution >= 4 is 28.8 Å². The summed E-state index contributed by atoms with van der Waals surface area (Å²) in [4.78, 5) is 14.8. The SMILES string of the molecule is O=C(c1cccs1)N(Cc1ccco1)Cc1c(F)cccc1Cl. The van der Waals surface area contributed by atoms with Crippen molar-refractivity contribution in [3.63, 3.8) is 0 Å². The molecule has 0 aliphatic rings. The summed E-state index contributed by atoms with van der Waals surface area (Å²) in [6.07, 6.45) is 1.54. The summed E-state index contributed by atoms with van der Waals surface area (Å²) in [7, 11) is 0. The number of rotatable bonds is 5. The van der Waals surface area contributed by atoms with Crippen molar-refractivity contribution in [2.75, 3.05) is 0 Å². The number of amides is 1. The lowest BCUT2D eigenvalue weighted by atomic mass is 10.2. The van der Waals surface area contributed by atoms with Gasteiger partial charge in [-0.05, 0) is 35.7 Å². The second kappa shape index (κ2) is 6.98. The van der Waals surface area contributed by atoms with Crippen LogP contribution in [0, 0.1) is 5.82 Å². The van der Waals surface area contributed by atoms with Crippen LogP contribution in [0.15, 0.2) is 58.5 Å². The molecular weight excluding hydrogens is 337 g/mol. The van der Waals surface area contributed by atoms with E-state index in [9.17, 15) is 9.18 Å². The maximum atomic E-state index is 14.1. The molecule has 2 heterocycles. The molecule has 1 amide bonds. The lowest BCUT2D eigenvalue weighted by molar-refractivity contribution is 0.0721. The normalized spacial score (nSPS) is 10.7. The third-order valence-corrected chi connectivity index (χ3v) is 4.57. The Morgan fingerprint density at radius 3 is 2.70 bits per heavy atom. The van der Waals surface area contributed by atoms with Gasteiger partial charge in [-0.3, -0.25) is 4.79 Å². The number of hydrogen-bond donors (Lipinski definition) is 0. The first-order valence-corrected chi connectivity index (χ1v) is 8.19. The summed E-state index contributed by atoms with van der Waals surface area (Å²) >= 11 is 7.43. The summed E-state index contributed by atoms with van der Waals surface area (Å²) in [6.45, 7) is 0.317. The van der Waals surface area contributed by atoms with E-state index in [2.05, 4.69) is 0 Å². The van der Waals surface area contributed by atoms with Crippen LogP contribution in [-0.2, 0) is 13.1 Å². The Morgan fingerprint density at radius 1 is 1.17 bits per heavy atom. The van der Waals surface area contributed by atoms with Crippen LogP contribution in [0.25, 0.3) is 0 Å². The number of furan rings is 1. The van der Waals surface area contributed by atoms with Crippen molar-refractivity contribution in [3.8, 4) is 0 Å². The van der Waals surface area contributed by atoms with Gasteiger partial charge in [-0.2, -0.15) is 0 Å². The van der Waals surface area contributed by atoms with Crippen molar-refractivity contribution in [1.82, 2.24) is 4.90 Å². The first-order valence-electron chi connectivity index (χ1n) is 6.93. The van der Waals surface area contributed by atoms with Crippen molar-refractivity contribution in [2.24, 2.45) is 0 Å². The zero-order valence-corrected chi connectivity index (χ0v) is 13.6. The van der Waals surface area contributed by atoms with E-state index in [1.807, 2.05) is 5.38 Å². The van der Waals surface area contributed by atoms with Crippen LogP contribution < -0.4 is 0 Å². The first-order chi connectivity index (χ1) is 11.1. The Bertz CT molecular complexity index is 767. The predicted molar refractivity (Wildman–Crippen MR) is 88.0 cm³/mol. The number of carbonyl (C=O) groups is 1. The fraction of sp³-hybridized carbons (Fsp3) is 0.118. The minimum absolute atomic E-state index is 0.0724. The summed E-state index contributed by atoms with van der Waals surface area (Å²) in [5, 5.41) is 2.13. The fourth-order valence-corrected chi connectivity index (χ4v) is 3.13. The highest BCUT2D eigenvalue weighted by atomic mass is 35.5. The molecule has 3 rings (SSSR count). The predicted octanol–water partition coefficient (Wildman–Crippen LogP) is 4.98. The summed E-state index contributed by atoms with van der Waals surface area (Å²) in [6, 6.07) is 11.6. The smallest absolute Gasteiger partial charge is 0.264 e. The Morgan fingerprint density at radius 2 is 2.04 bits per heavy atom. The van der Waals surface area contributed by atoms with Crippen molar-refractivity contribution in [3.05, 3.63) is 81.1 Å². The Labute approximate surface area is 141 Å². The van der Waals surface area contributed by atoms with E-state index in [1.165, 1.54) is 22.3 Å². The van der Waals surface area contributed by atoms with E-state index in [0.29, 0.717) is 21.2 Å². The molecule has 3 nitrogen and oxygen atoms in total. The van der Waals surface area contributed by atoms with Crippen molar-refractivity contribution in [2.45, 2.75) is 13.1 Å². The minimum atomic E-state index is -0.430. The van der Waals surface area contributed by atoms with Crippen LogP contribution in [0.2, 0.25) is 5.02 Å². The molecule has 3 aromatic rings. The molecule has 0 fully saturated rings. The van der Waals surface area contributed by atoms with Crippen molar-refractivity contribution in [1.29, 1.82) is 0 Å². The minimum Gasteiger partial charge on any atom is -0.467 e. The van der Waals surface area contributed by atoms with Crippen LogP contribution in [0.4, 0.5) is 4.39 Å². The van der Waals surface area contributed by atoms with E-state index < -0.39 is 5.82 Å². The second-order valence-corrected chi connectivity index (χ2v) is 6.27. The zero-order chi connectivity index (χ0) is 16.2. The average Bonchev–Trinajstić information content (AvgIpc) is 3.22. The Hall–Kier alpha value is -2.11. The first kappa shape index (κ1) is 15.8. The number of carbonyl (C=O) groups excluding carboxylic acids is 1.